The summed E-state index contributed by atoms with van der Waals surface area (Å²) < 4.78 is 0. The molecule has 0 atom stereocenters. The number of nitrogens with one attached hydrogen (secondary N) is 1. The van der Waals surface area contributed by atoms with Crippen LogP contribution in [0, 0.1) is 6.92 Å². The van der Waals surface area contributed by atoms with E-state index in [4.69, 9.17) is 29.6 Å². The molecule has 1 aromatic heterocycles. The van der Waals surface area contributed by atoms with Crippen molar-refractivity contribution in [2.24, 2.45) is 5.73 Å². The molecule has 92 valence electrons. The van der Waals surface area contributed by atoms with Gasteiger partial charge in [-0.25, -0.2) is 9.97 Å². The number of hydrogen-bond acceptors (Lipinski definition) is 3. The SMILES string of the molecule is Cc1ccc(-c2cc(Cl)nc(NC(N)=S)n2)cc1. The van der Waals surface area contributed by atoms with Gasteiger partial charge in [-0.05, 0) is 19.1 Å². The van der Waals surface area contributed by atoms with Gasteiger partial charge in [0.05, 0.1) is 5.69 Å². The van der Waals surface area contributed by atoms with Crippen LogP contribution in [0.4, 0.5) is 5.95 Å². The van der Waals surface area contributed by atoms with E-state index in [0.717, 1.165) is 5.56 Å². The largest absolute Gasteiger partial charge is 0.376 e. The zero-order chi connectivity index (χ0) is 13.1. The van der Waals surface area contributed by atoms with Crippen molar-refractivity contribution >= 4 is 34.9 Å². The molecule has 2 aromatic rings. The maximum atomic E-state index is 5.94. The second-order valence-corrected chi connectivity index (χ2v) is 4.58. The average molecular weight is 279 g/mol. The molecule has 0 amide bonds. The normalized spacial score (nSPS) is 10.1. The van der Waals surface area contributed by atoms with Crippen molar-refractivity contribution in [3.63, 3.8) is 0 Å². The number of nitrogens with two attached hydrogens (primary N) is 1. The number of benzene rings is 1. The van der Waals surface area contributed by atoms with E-state index >= 15 is 0 Å². The van der Waals surface area contributed by atoms with Crippen molar-refractivity contribution < 1.29 is 0 Å². The minimum absolute atomic E-state index is 0.104. The van der Waals surface area contributed by atoms with E-state index in [1.54, 1.807) is 6.07 Å². The lowest BCUT2D eigenvalue weighted by molar-refractivity contribution is 1.18. The molecule has 0 saturated heterocycles. The number of anilines is 1. The van der Waals surface area contributed by atoms with Crippen LogP contribution >= 0.6 is 23.8 Å². The first-order valence-electron chi connectivity index (χ1n) is 5.22. The molecule has 0 unspecified atom stereocenters. The third kappa shape index (κ3) is 3.15. The molecule has 3 N–H and O–H groups in total. The molecule has 4 nitrogen and oxygen atoms in total. The molecule has 0 fully saturated rings. The Kier molecular flexibility index (Phi) is 3.74. The monoisotopic (exact) mass is 278 g/mol. The number of nitrogens with zero attached hydrogens (tertiary/aromatic N) is 2. The van der Waals surface area contributed by atoms with Gasteiger partial charge in [0.1, 0.15) is 5.15 Å². The fourth-order valence-corrected chi connectivity index (χ4v) is 1.73. The second kappa shape index (κ2) is 5.29. The van der Waals surface area contributed by atoms with Gasteiger partial charge in [0.25, 0.3) is 0 Å². The van der Waals surface area contributed by atoms with E-state index in [-0.39, 0.29) is 5.11 Å². The summed E-state index contributed by atoms with van der Waals surface area (Å²) in [6.45, 7) is 2.02. The summed E-state index contributed by atoms with van der Waals surface area (Å²) in [5.74, 6) is 0.297. The predicted molar refractivity (Wildman–Crippen MR) is 77.6 cm³/mol. The minimum Gasteiger partial charge on any atom is -0.376 e. The summed E-state index contributed by atoms with van der Waals surface area (Å²) in [7, 11) is 0. The highest BCUT2D eigenvalue weighted by atomic mass is 35.5. The van der Waals surface area contributed by atoms with Crippen molar-refractivity contribution in [3.8, 4) is 11.3 Å². The first kappa shape index (κ1) is 12.7. The average Bonchev–Trinajstić information content (AvgIpc) is 2.28. The van der Waals surface area contributed by atoms with Gasteiger partial charge in [0.2, 0.25) is 5.95 Å². The number of hydrogen-bond donors (Lipinski definition) is 2. The van der Waals surface area contributed by atoms with Crippen LogP contribution in [0.3, 0.4) is 0 Å². The number of thiocarbonyl (C=S) groups is 1. The van der Waals surface area contributed by atoms with Crippen LogP contribution in [0.2, 0.25) is 5.15 Å². The van der Waals surface area contributed by atoms with Crippen molar-refractivity contribution in [1.29, 1.82) is 0 Å². The number of aromatic nitrogens is 2. The van der Waals surface area contributed by atoms with Gasteiger partial charge in [-0.2, -0.15) is 0 Å². The zero-order valence-electron chi connectivity index (χ0n) is 9.64. The summed E-state index contributed by atoms with van der Waals surface area (Å²) in [6, 6.07) is 9.64. The van der Waals surface area contributed by atoms with Crippen LogP contribution in [-0.2, 0) is 0 Å². The quantitative estimate of drug-likeness (QED) is 0.653. The van der Waals surface area contributed by atoms with Crippen molar-refractivity contribution in [3.05, 3.63) is 41.0 Å². The maximum Gasteiger partial charge on any atom is 0.230 e. The molecule has 2 rings (SSSR count). The van der Waals surface area contributed by atoms with E-state index in [0.29, 0.717) is 16.8 Å². The van der Waals surface area contributed by atoms with Gasteiger partial charge in [0.15, 0.2) is 5.11 Å². The molecule has 0 aliphatic carbocycles. The molecule has 0 radical (unpaired) electrons. The molecule has 0 aliphatic rings. The summed E-state index contributed by atoms with van der Waals surface area (Å²) >= 11 is 10.7. The van der Waals surface area contributed by atoms with E-state index in [1.165, 1.54) is 5.56 Å². The lowest BCUT2D eigenvalue weighted by Gasteiger charge is -2.06. The summed E-state index contributed by atoms with van der Waals surface area (Å²) in [5, 5.41) is 3.11. The standard InChI is InChI=1S/C12H11ClN4S/c1-7-2-4-8(5-3-7)9-6-10(13)16-12(15-9)17-11(14)18/h2-6H,1H3,(H3,14,15,16,17,18). The van der Waals surface area contributed by atoms with Crippen LogP contribution in [0.25, 0.3) is 11.3 Å². The highest BCUT2D eigenvalue weighted by molar-refractivity contribution is 7.80. The van der Waals surface area contributed by atoms with Gasteiger partial charge >= 0.3 is 0 Å². The molecule has 1 aromatic carbocycles. The summed E-state index contributed by atoms with van der Waals surface area (Å²) in [4.78, 5) is 8.29. The fraction of sp³-hybridized carbons (Fsp3) is 0.0833. The molecular weight excluding hydrogens is 268 g/mol. The molecule has 18 heavy (non-hydrogen) atoms. The van der Waals surface area contributed by atoms with Gasteiger partial charge in [-0.15, -0.1) is 0 Å². The van der Waals surface area contributed by atoms with Crippen LogP contribution in [0.1, 0.15) is 5.56 Å². The first-order chi connectivity index (χ1) is 8.54. The Labute approximate surface area is 115 Å². The number of halogens is 1. The van der Waals surface area contributed by atoms with Crippen molar-refractivity contribution in [2.45, 2.75) is 6.92 Å². The number of rotatable bonds is 2. The fourth-order valence-electron chi connectivity index (χ4n) is 1.46. The van der Waals surface area contributed by atoms with Crippen molar-refractivity contribution in [1.82, 2.24) is 9.97 Å². The van der Waals surface area contributed by atoms with Gasteiger partial charge < -0.3 is 11.1 Å². The predicted octanol–water partition coefficient (Wildman–Crippen LogP) is 2.76. The van der Waals surface area contributed by atoms with Crippen LogP contribution in [0.5, 0.6) is 0 Å². The van der Waals surface area contributed by atoms with Crippen molar-refractivity contribution in [2.75, 3.05) is 5.32 Å². The Morgan fingerprint density at radius 1 is 1.28 bits per heavy atom. The minimum atomic E-state index is 0.104. The third-order valence-corrected chi connectivity index (χ3v) is 2.57. The molecule has 0 spiro atoms. The summed E-state index contributed by atoms with van der Waals surface area (Å²) in [5.41, 5.74) is 8.23. The molecule has 0 aliphatic heterocycles. The van der Waals surface area contributed by atoms with Crippen LogP contribution < -0.4 is 11.1 Å². The lowest BCUT2D eigenvalue weighted by Crippen LogP contribution is -2.20. The lowest BCUT2D eigenvalue weighted by atomic mass is 10.1. The molecule has 0 bridgehead atoms. The Bertz CT molecular complexity index is 583. The van der Waals surface area contributed by atoms with Crippen LogP contribution in [-0.4, -0.2) is 15.1 Å². The van der Waals surface area contributed by atoms with E-state index in [2.05, 4.69) is 15.3 Å². The Balaban J connectivity index is 2.41. The molecular formula is C12H11ClN4S. The topological polar surface area (TPSA) is 63.8 Å². The molecule has 1 heterocycles. The number of aryl methyl sites for hydroxylation is 1. The Morgan fingerprint density at radius 2 is 1.94 bits per heavy atom. The van der Waals surface area contributed by atoms with E-state index in [1.807, 2.05) is 31.2 Å². The highest BCUT2D eigenvalue weighted by Gasteiger charge is 2.05. The van der Waals surface area contributed by atoms with Gasteiger partial charge in [-0.3, -0.25) is 0 Å². The summed E-state index contributed by atoms with van der Waals surface area (Å²) in [6.07, 6.45) is 0. The second-order valence-electron chi connectivity index (χ2n) is 3.75. The van der Waals surface area contributed by atoms with Gasteiger partial charge in [0, 0.05) is 11.6 Å². The van der Waals surface area contributed by atoms with Crippen LogP contribution in [0.15, 0.2) is 30.3 Å². The molecule has 0 saturated carbocycles. The Morgan fingerprint density at radius 3 is 2.56 bits per heavy atom. The van der Waals surface area contributed by atoms with Gasteiger partial charge in [-0.1, -0.05) is 41.4 Å². The highest BCUT2D eigenvalue weighted by Crippen LogP contribution is 2.21. The maximum absolute atomic E-state index is 5.94. The van der Waals surface area contributed by atoms with E-state index < -0.39 is 0 Å². The first-order valence-corrected chi connectivity index (χ1v) is 6.01. The van der Waals surface area contributed by atoms with E-state index in [9.17, 15) is 0 Å². The third-order valence-electron chi connectivity index (χ3n) is 2.28. The zero-order valence-corrected chi connectivity index (χ0v) is 11.2. The smallest absolute Gasteiger partial charge is 0.230 e. The Hall–Kier alpha value is -1.72. The molecule has 6 heteroatoms.